The number of hydrogen-bond donors (Lipinski definition) is 2. The predicted molar refractivity (Wildman–Crippen MR) is 134 cm³/mol. The Bertz CT molecular complexity index is 1260. The minimum absolute atomic E-state index is 0.183. The molecule has 0 saturated carbocycles. The van der Waals surface area contributed by atoms with E-state index in [1.807, 2.05) is 18.2 Å². The van der Waals surface area contributed by atoms with Gasteiger partial charge in [-0.1, -0.05) is 29.3 Å². The Balaban J connectivity index is 1.40. The van der Waals surface area contributed by atoms with Crippen LogP contribution >= 0.6 is 34.5 Å². The third kappa shape index (κ3) is 4.73. The van der Waals surface area contributed by atoms with Gasteiger partial charge in [-0.25, -0.2) is 19.9 Å². The maximum atomic E-state index is 9.14. The molecule has 1 saturated heterocycles. The standard InChI is InChI=1S/C22H21Cl2N7OS/c23-14-2-1-3-15(24)19(14)22-28-16-4-5-25-21(20(16)33-22)29-17-12-18(27-13-26-17)31-8-6-30(7-9-31)10-11-32/h1-5,12-13,32H,6-11H2,(H,25,26,27,29). The van der Waals surface area contributed by atoms with Gasteiger partial charge in [0.05, 0.1) is 26.9 Å². The summed E-state index contributed by atoms with van der Waals surface area (Å²) >= 11 is 14.3. The summed E-state index contributed by atoms with van der Waals surface area (Å²) in [6.45, 7) is 4.37. The average molecular weight is 502 g/mol. The third-order valence-corrected chi connectivity index (χ3v) is 7.22. The number of thiazole rings is 1. The summed E-state index contributed by atoms with van der Waals surface area (Å²) in [5, 5.41) is 14.3. The predicted octanol–water partition coefficient (Wildman–Crippen LogP) is 4.31. The fraction of sp³-hybridized carbons (Fsp3) is 0.273. The van der Waals surface area contributed by atoms with E-state index in [1.54, 1.807) is 24.7 Å². The maximum absolute atomic E-state index is 9.14. The molecule has 1 aromatic carbocycles. The lowest BCUT2D eigenvalue weighted by Crippen LogP contribution is -2.47. The number of nitrogens with one attached hydrogen (secondary N) is 1. The van der Waals surface area contributed by atoms with Crippen molar-refractivity contribution in [1.29, 1.82) is 0 Å². The molecule has 2 N–H and O–H groups in total. The SMILES string of the molecule is OCCN1CCN(c2cc(Nc3nccc4nc(-c5c(Cl)cccc5Cl)sc34)ncn2)CC1. The lowest BCUT2D eigenvalue weighted by atomic mass is 10.2. The van der Waals surface area contributed by atoms with Crippen LogP contribution in [0.1, 0.15) is 0 Å². The number of benzene rings is 1. The van der Waals surface area contributed by atoms with E-state index in [4.69, 9.17) is 33.3 Å². The summed E-state index contributed by atoms with van der Waals surface area (Å²) in [4.78, 5) is 22.5. The Morgan fingerprint density at radius 1 is 1.03 bits per heavy atom. The smallest absolute Gasteiger partial charge is 0.151 e. The van der Waals surface area contributed by atoms with Crippen LogP contribution in [0.4, 0.5) is 17.5 Å². The minimum atomic E-state index is 0.183. The van der Waals surface area contributed by atoms with Crippen LogP contribution in [0.5, 0.6) is 0 Å². The molecule has 0 spiro atoms. The van der Waals surface area contributed by atoms with Crippen molar-refractivity contribution < 1.29 is 5.11 Å². The molecular weight excluding hydrogens is 481 g/mol. The summed E-state index contributed by atoms with van der Waals surface area (Å²) in [5.74, 6) is 2.18. The first-order valence-electron chi connectivity index (χ1n) is 10.5. The second kappa shape index (κ2) is 9.74. The highest BCUT2D eigenvalue weighted by Crippen LogP contribution is 2.40. The molecule has 0 atom stereocenters. The number of fused-ring (bicyclic) bond motifs is 1. The fourth-order valence-corrected chi connectivity index (χ4v) is 5.57. The molecule has 4 heterocycles. The summed E-state index contributed by atoms with van der Waals surface area (Å²) < 4.78 is 0.890. The van der Waals surface area contributed by atoms with Crippen LogP contribution in [-0.2, 0) is 0 Å². The second-order valence-corrected chi connectivity index (χ2v) is 9.38. The van der Waals surface area contributed by atoms with Gasteiger partial charge in [0, 0.05) is 50.6 Å². The quantitative estimate of drug-likeness (QED) is 0.403. The van der Waals surface area contributed by atoms with Crippen LogP contribution in [0.2, 0.25) is 10.0 Å². The van der Waals surface area contributed by atoms with E-state index in [1.165, 1.54) is 11.3 Å². The monoisotopic (exact) mass is 501 g/mol. The molecule has 170 valence electrons. The molecule has 1 aliphatic rings. The summed E-state index contributed by atoms with van der Waals surface area (Å²) in [6, 6.07) is 9.21. The van der Waals surface area contributed by atoms with Crippen molar-refractivity contribution in [3.8, 4) is 10.6 Å². The van der Waals surface area contributed by atoms with Crippen molar-refractivity contribution in [2.75, 3.05) is 49.5 Å². The molecule has 5 rings (SSSR count). The number of piperazine rings is 1. The Morgan fingerprint density at radius 2 is 1.82 bits per heavy atom. The highest BCUT2D eigenvalue weighted by Gasteiger charge is 2.19. The van der Waals surface area contributed by atoms with Gasteiger partial charge in [0.15, 0.2) is 5.82 Å². The number of hydrogen-bond acceptors (Lipinski definition) is 9. The zero-order valence-corrected chi connectivity index (χ0v) is 19.9. The van der Waals surface area contributed by atoms with Gasteiger partial charge in [-0.3, -0.25) is 4.90 Å². The molecule has 1 fully saturated rings. The highest BCUT2D eigenvalue weighted by atomic mass is 35.5. The molecule has 4 aromatic rings. The molecule has 0 unspecified atom stereocenters. The number of anilines is 3. The molecule has 1 aliphatic heterocycles. The number of rotatable bonds is 6. The van der Waals surface area contributed by atoms with Crippen molar-refractivity contribution in [3.63, 3.8) is 0 Å². The number of β-amino-alcohol motifs (C(OH)–C–C–N with tert-alkyl or cyclic N) is 1. The Hall–Kier alpha value is -2.56. The van der Waals surface area contributed by atoms with Crippen molar-refractivity contribution in [1.82, 2.24) is 24.8 Å². The van der Waals surface area contributed by atoms with Gasteiger partial charge < -0.3 is 15.3 Å². The molecule has 0 bridgehead atoms. The van der Waals surface area contributed by atoms with Gasteiger partial charge in [-0.05, 0) is 18.2 Å². The Morgan fingerprint density at radius 3 is 2.58 bits per heavy atom. The van der Waals surface area contributed by atoms with Crippen LogP contribution < -0.4 is 10.2 Å². The second-order valence-electron chi connectivity index (χ2n) is 7.56. The molecule has 3 aromatic heterocycles. The number of halogens is 2. The lowest BCUT2D eigenvalue weighted by molar-refractivity contribution is 0.188. The summed E-state index contributed by atoms with van der Waals surface area (Å²) in [7, 11) is 0. The van der Waals surface area contributed by atoms with E-state index in [0.717, 1.165) is 52.8 Å². The van der Waals surface area contributed by atoms with Crippen molar-refractivity contribution in [2.45, 2.75) is 0 Å². The summed E-state index contributed by atoms with van der Waals surface area (Å²) in [6.07, 6.45) is 3.27. The third-order valence-electron chi connectivity index (χ3n) is 5.49. The Kier molecular flexibility index (Phi) is 6.57. The first-order valence-corrected chi connectivity index (χ1v) is 12.1. The average Bonchev–Trinajstić information content (AvgIpc) is 3.25. The maximum Gasteiger partial charge on any atom is 0.151 e. The lowest BCUT2D eigenvalue weighted by Gasteiger charge is -2.35. The number of aromatic nitrogens is 4. The first kappa shape index (κ1) is 22.2. The van der Waals surface area contributed by atoms with E-state index >= 15 is 0 Å². The number of aliphatic hydroxyl groups excluding tert-OH is 1. The van der Waals surface area contributed by atoms with Crippen LogP contribution in [-0.4, -0.2) is 69.3 Å². The molecule has 0 amide bonds. The van der Waals surface area contributed by atoms with E-state index in [-0.39, 0.29) is 6.61 Å². The van der Waals surface area contributed by atoms with E-state index in [0.29, 0.717) is 28.2 Å². The van der Waals surface area contributed by atoms with Gasteiger partial charge in [0.25, 0.3) is 0 Å². The normalized spacial score (nSPS) is 14.7. The van der Waals surface area contributed by atoms with Crippen LogP contribution in [0.3, 0.4) is 0 Å². The van der Waals surface area contributed by atoms with E-state index in [2.05, 4.69) is 30.1 Å². The molecule has 8 nitrogen and oxygen atoms in total. The van der Waals surface area contributed by atoms with E-state index < -0.39 is 0 Å². The van der Waals surface area contributed by atoms with Crippen LogP contribution in [0.15, 0.2) is 42.9 Å². The van der Waals surface area contributed by atoms with E-state index in [9.17, 15) is 0 Å². The van der Waals surface area contributed by atoms with Crippen molar-refractivity contribution in [3.05, 3.63) is 52.9 Å². The molecule has 33 heavy (non-hydrogen) atoms. The molecule has 0 aliphatic carbocycles. The topological polar surface area (TPSA) is 90.3 Å². The van der Waals surface area contributed by atoms with Crippen molar-refractivity contribution >= 4 is 62.2 Å². The Labute approximate surface area is 204 Å². The number of aliphatic hydroxyl groups is 1. The van der Waals surface area contributed by atoms with Gasteiger partial charge in [-0.15, -0.1) is 11.3 Å². The fourth-order valence-electron chi connectivity index (χ4n) is 3.81. The molecule has 0 radical (unpaired) electrons. The van der Waals surface area contributed by atoms with Gasteiger partial charge in [0.1, 0.15) is 23.0 Å². The van der Waals surface area contributed by atoms with Gasteiger partial charge >= 0.3 is 0 Å². The minimum Gasteiger partial charge on any atom is -0.395 e. The highest BCUT2D eigenvalue weighted by molar-refractivity contribution is 7.22. The van der Waals surface area contributed by atoms with Crippen LogP contribution in [0.25, 0.3) is 20.8 Å². The zero-order valence-electron chi connectivity index (χ0n) is 17.6. The van der Waals surface area contributed by atoms with Gasteiger partial charge in [0.2, 0.25) is 0 Å². The molecular formula is C22H21Cl2N7OS. The summed E-state index contributed by atoms with van der Waals surface area (Å²) in [5.41, 5.74) is 1.52. The van der Waals surface area contributed by atoms with Crippen LogP contribution in [0, 0.1) is 0 Å². The number of pyridine rings is 1. The zero-order chi connectivity index (χ0) is 22.8. The first-order chi connectivity index (χ1) is 16.1. The molecule has 11 heteroatoms. The van der Waals surface area contributed by atoms with Crippen molar-refractivity contribution in [2.24, 2.45) is 0 Å². The van der Waals surface area contributed by atoms with Gasteiger partial charge in [-0.2, -0.15) is 0 Å². The number of nitrogens with zero attached hydrogens (tertiary/aromatic N) is 6. The largest absolute Gasteiger partial charge is 0.395 e.